The first-order valence-corrected chi connectivity index (χ1v) is 6.39. The predicted octanol–water partition coefficient (Wildman–Crippen LogP) is 3.31. The number of carbonyl (C=O) groups excluding carboxylic acids is 1. The number of rotatable bonds is 5. The summed E-state index contributed by atoms with van der Waals surface area (Å²) in [5.41, 5.74) is 0.427. The summed E-state index contributed by atoms with van der Waals surface area (Å²) in [5, 5.41) is 6.44. The Morgan fingerprint density at radius 1 is 1.16 bits per heavy atom. The fourth-order valence-electron chi connectivity index (χ4n) is 1.51. The fraction of sp³-hybridized carbons (Fsp3) is 0.154. The summed E-state index contributed by atoms with van der Waals surface area (Å²) in [5.74, 6) is 0.546. The maximum Gasteiger partial charge on any atom is 0.238 e. The highest BCUT2D eigenvalue weighted by Crippen LogP contribution is 2.29. The van der Waals surface area contributed by atoms with Crippen LogP contribution in [0.15, 0.2) is 41.0 Å². The lowest BCUT2D eigenvalue weighted by molar-refractivity contribution is -0.115. The van der Waals surface area contributed by atoms with Crippen LogP contribution in [0, 0.1) is 0 Å². The molecule has 1 aromatic heterocycles. The van der Waals surface area contributed by atoms with Crippen LogP contribution in [0.4, 0.5) is 5.69 Å². The van der Waals surface area contributed by atoms with Gasteiger partial charge in [-0.2, -0.15) is 0 Å². The number of nitrogens with one attached hydrogen (secondary N) is 2. The number of benzene rings is 1. The summed E-state index contributed by atoms with van der Waals surface area (Å²) in [6, 6.07) is 8.67. The van der Waals surface area contributed by atoms with Gasteiger partial charge in [-0.05, 0) is 24.3 Å². The average Bonchev–Trinajstić information content (AvgIpc) is 2.87. The minimum absolute atomic E-state index is 0.141. The minimum Gasteiger partial charge on any atom is -0.468 e. The van der Waals surface area contributed by atoms with Crippen LogP contribution < -0.4 is 10.6 Å². The third-order valence-electron chi connectivity index (χ3n) is 2.39. The zero-order valence-corrected chi connectivity index (χ0v) is 11.5. The van der Waals surface area contributed by atoms with Gasteiger partial charge in [0.1, 0.15) is 5.76 Å². The van der Waals surface area contributed by atoms with E-state index >= 15 is 0 Å². The van der Waals surface area contributed by atoms with Crippen molar-refractivity contribution in [2.45, 2.75) is 6.54 Å². The van der Waals surface area contributed by atoms with Crippen molar-refractivity contribution in [2.24, 2.45) is 0 Å². The first kappa shape index (κ1) is 13.9. The molecular formula is C13H12Cl2N2O2. The van der Waals surface area contributed by atoms with Gasteiger partial charge in [0.25, 0.3) is 0 Å². The monoisotopic (exact) mass is 298 g/mol. The topological polar surface area (TPSA) is 54.3 Å². The summed E-state index contributed by atoms with van der Waals surface area (Å²) in [4.78, 5) is 11.7. The molecule has 0 aliphatic heterocycles. The van der Waals surface area contributed by atoms with Crippen LogP contribution in [-0.2, 0) is 11.3 Å². The first-order chi connectivity index (χ1) is 9.16. The van der Waals surface area contributed by atoms with E-state index in [0.29, 0.717) is 22.3 Å². The Bertz CT molecular complexity index is 536. The van der Waals surface area contributed by atoms with Crippen molar-refractivity contribution in [1.82, 2.24) is 5.32 Å². The van der Waals surface area contributed by atoms with Crippen molar-refractivity contribution in [3.05, 3.63) is 52.4 Å². The molecule has 0 fully saturated rings. The number of halogens is 2. The van der Waals surface area contributed by atoms with Crippen LogP contribution in [0.2, 0.25) is 10.0 Å². The Hall–Kier alpha value is -1.49. The minimum atomic E-state index is -0.221. The molecule has 0 bridgehead atoms. The molecule has 0 atom stereocenters. The molecule has 0 spiro atoms. The summed E-state index contributed by atoms with van der Waals surface area (Å²) in [6.45, 7) is 0.624. The van der Waals surface area contributed by atoms with Crippen LogP contribution in [-0.4, -0.2) is 12.5 Å². The number of para-hydroxylation sites is 1. The maximum atomic E-state index is 11.7. The third kappa shape index (κ3) is 3.99. The molecule has 6 heteroatoms. The van der Waals surface area contributed by atoms with Gasteiger partial charge in [-0.15, -0.1) is 0 Å². The smallest absolute Gasteiger partial charge is 0.238 e. The quantitative estimate of drug-likeness (QED) is 0.890. The highest BCUT2D eigenvalue weighted by molar-refractivity contribution is 6.39. The molecule has 0 saturated carbocycles. The summed E-state index contributed by atoms with van der Waals surface area (Å²) in [7, 11) is 0. The van der Waals surface area contributed by atoms with E-state index in [4.69, 9.17) is 27.6 Å². The lowest BCUT2D eigenvalue weighted by Crippen LogP contribution is -2.27. The van der Waals surface area contributed by atoms with Crippen LogP contribution >= 0.6 is 23.2 Å². The Morgan fingerprint density at radius 2 is 1.89 bits per heavy atom. The van der Waals surface area contributed by atoms with Gasteiger partial charge in [0.15, 0.2) is 0 Å². The molecule has 1 amide bonds. The molecule has 0 aliphatic rings. The van der Waals surface area contributed by atoms with Crippen LogP contribution in [0.3, 0.4) is 0 Å². The van der Waals surface area contributed by atoms with Crippen molar-refractivity contribution in [2.75, 3.05) is 11.9 Å². The van der Waals surface area contributed by atoms with Gasteiger partial charge in [-0.1, -0.05) is 29.3 Å². The Kier molecular flexibility index (Phi) is 4.85. The van der Waals surface area contributed by atoms with Gasteiger partial charge in [0.2, 0.25) is 5.91 Å². The molecule has 19 heavy (non-hydrogen) atoms. The van der Waals surface area contributed by atoms with E-state index in [-0.39, 0.29) is 12.5 Å². The Morgan fingerprint density at radius 3 is 2.53 bits per heavy atom. The van der Waals surface area contributed by atoms with Gasteiger partial charge in [-0.3, -0.25) is 4.79 Å². The number of carbonyl (C=O) groups is 1. The highest BCUT2D eigenvalue weighted by Gasteiger charge is 2.09. The average molecular weight is 299 g/mol. The van der Waals surface area contributed by atoms with Crippen molar-refractivity contribution in [1.29, 1.82) is 0 Å². The van der Waals surface area contributed by atoms with Gasteiger partial charge >= 0.3 is 0 Å². The van der Waals surface area contributed by atoms with E-state index in [1.54, 1.807) is 30.5 Å². The largest absolute Gasteiger partial charge is 0.468 e. The number of hydrogen-bond acceptors (Lipinski definition) is 3. The fourth-order valence-corrected chi connectivity index (χ4v) is 2.01. The molecule has 1 heterocycles. The lowest BCUT2D eigenvalue weighted by atomic mass is 10.3. The van der Waals surface area contributed by atoms with E-state index in [9.17, 15) is 4.79 Å². The van der Waals surface area contributed by atoms with E-state index in [2.05, 4.69) is 10.6 Å². The maximum absolute atomic E-state index is 11.7. The summed E-state index contributed by atoms with van der Waals surface area (Å²) >= 11 is 11.9. The number of anilines is 1. The number of hydrogen-bond donors (Lipinski definition) is 2. The highest BCUT2D eigenvalue weighted by atomic mass is 35.5. The predicted molar refractivity (Wildman–Crippen MR) is 75.5 cm³/mol. The van der Waals surface area contributed by atoms with Gasteiger partial charge in [0.05, 0.1) is 35.1 Å². The molecular weight excluding hydrogens is 287 g/mol. The van der Waals surface area contributed by atoms with Crippen LogP contribution in [0.1, 0.15) is 5.76 Å². The number of furan rings is 1. The second-order valence-corrected chi connectivity index (χ2v) is 4.64. The molecule has 0 unspecified atom stereocenters. The molecule has 0 saturated heterocycles. The van der Waals surface area contributed by atoms with E-state index < -0.39 is 0 Å². The van der Waals surface area contributed by atoms with Crippen molar-refractivity contribution >= 4 is 34.8 Å². The van der Waals surface area contributed by atoms with Crippen molar-refractivity contribution < 1.29 is 9.21 Å². The molecule has 100 valence electrons. The van der Waals surface area contributed by atoms with Crippen LogP contribution in [0.25, 0.3) is 0 Å². The second-order valence-electron chi connectivity index (χ2n) is 3.83. The van der Waals surface area contributed by atoms with Gasteiger partial charge < -0.3 is 15.1 Å². The lowest BCUT2D eigenvalue weighted by Gasteiger charge is -2.09. The van der Waals surface area contributed by atoms with E-state index in [0.717, 1.165) is 5.76 Å². The van der Waals surface area contributed by atoms with Crippen molar-refractivity contribution in [3.8, 4) is 0 Å². The molecule has 0 radical (unpaired) electrons. The molecule has 4 nitrogen and oxygen atoms in total. The normalized spacial score (nSPS) is 10.4. The summed E-state index contributed by atoms with van der Waals surface area (Å²) in [6.07, 6.45) is 1.58. The molecule has 2 N–H and O–H groups in total. The summed E-state index contributed by atoms with van der Waals surface area (Å²) < 4.78 is 5.14. The third-order valence-corrected chi connectivity index (χ3v) is 3.02. The zero-order valence-electron chi connectivity index (χ0n) is 9.95. The zero-order chi connectivity index (χ0) is 13.7. The Balaban J connectivity index is 1.84. The molecule has 0 aliphatic carbocycles. The Labute approximate surface area is 120 Å². The second kappa shape index (κ2) is 6.61. The molecule has 2 aromatic rings. The molecule has 2 rings (SSSR count). The standard InChI is InChI=1S/C13H12Cl2N2O2/c14-10-4-1-5-11(15)13(10)17-12(18)8-16-7-9-3-2-6-19-9/h1-6,16H,7-8H2,(H,17,18). The van der Waals surface area contributed by atoms with Crippen LogP contribution in [0.5, 0.6) is 0 Å². The van der Waals surface area contributed by atoms with E-state index in [1.165, 1.54) is 0 Å². The first-order valence-electron chi connectivity index (χ1n) is 5.64. The van der Waals surface area contributed by atoms with Gasteiger partial charge in [0, 0.05) is 0 Å². The van der Waals surface area contributed by atoms with E-state index in [1.807, 2.05) is 6.07 Å². The number of amides is 1. The molecule has 1 aromatic carbocycles. The van der Waals surface area contributed by atoms with Gasteiger partial charge in [-0.25, -0.2) is 0 Å². The van der Waals surface area contributed by atoms with Crippen molar-refractivity contribution in [3.63, 3.8) is 0 Å². The SMILES string of the molecule is O=C(CNCc1ccco1)Nc1c(Cl)cccc1Cl.